The third kappa shape index (κ3) is 2.69. The van der Waals surface area contributed by atoms with Gasteiger partial charge in [0.2, 0.25) is 0 Å². The van der Waals surface area contributed by atoms with Crippen molar-refractivity contribution < 1.29 is 0 Å². The van der Waals surface area contributed by atoms with E-state index in [4.69, 9.17) is 4.99 Å². The Morgan fingerprint density at radius 3 is 2.50 bits per heavy atom. The molecule has 0 radical (unpaired) electrons. The van der Waals surface area contributed by atoms with Gasteiger partial charge in [-0.3, -0.25) is 4.99 Å². The first-order valence-corrected chi connectivity index (χ1v) is 8.75. The fourth-order valence-electron chi connectivity index (χ4n) is 3.57. The van der Waals surface area contributed by atoms with Crippen LogP contribution in [0.4, 0.5) is 5.69 Å². The predicted octanol–water partition coefficient (Wildman–Crippen LogP) is 6.56. The zero-order valence-electron chi connectivity index (χ0n) is 14.2. The van der Waals surface area contributed by atoms with Crippen molar-refractivity contribution in [3.8, 4) is 0 Å². The van der Waals surface area contributed by atoms with E-state index in [-0.39, 0.29) is 5.41 Å². The average molecular weight is 293 g/mol. The normalized spacial score (nSPS) is 15.9. The van der Waals surface area contributed by atoms with Crippen LogP contribution in [0.25, 0.3) is 10.8 Å². The lowest BCUT2D eigenvalue weighted by Gasteiger charge is -2.22. The van der Waals surface area contributed by atoms with Gasteiger partial charge < -0.3 is 0 Å². The molecule has 1 nitrogen and oxygen atoms in total. The summed E-state index contributed by atoms with van der Waals surface area (Å²) >= 11 is 0. The summed E-state index contributed by atoms with van der Waals surface area (Å²) in [5.41, 5.74) is 4.07. The van der Waals surface area contributed by atoms with Crippen LogP contribution in [0.2, 0.25) is 0 Å². The van der Waals surface area contributed by atoms with Crippen LogP contribution < -0.4 is 0 Å². The number of benzene rings is 2. The van der Waals surface area contributed by atoms with Gasteiger partial charge in [0.1, 0.15) is 0 Å². The molecule has 0 aromatic heterocycles. The van der Waals surface area contributed by atoms with E-state index in [1.807, 2.05) is 0 Å². The van der Waals surface area contributed by atoms with Crippen molar-refractivity contribution in [1.29, 1.82) is 0 Å². The van der Waals surface area contributed by atoms with Gasteiger partial charge in [-0.05, 0) is 23.8 Å². The third-order valence-electron chi connectivity index (χ3n) is 5.06. The van der Waals surface area contributed by atoms with Crippen LogP contribution in [0.1, 0.15) is 64.9 Å². The molecule has 1 aliphatic heterocycles. The number of hydrogen-bond donors (Lipinski definition) is 0. The highest BCUT2D eigenvalue weighted by molar-refractivity contribution is 6.07. The van der Waals surface area contributed by atoms with E-state index in [0.717, 1.165) is 6.42 Å². The summed E-state index contributed by atoms with van der Waals surface area (Å²) in [5.74, 6) is 0. The minimum Gasteiger partial charge on any atom is -0.256 e. The molecule has 0 unspecified atom stereocenters. The Morgan fingerprint density at radius 2 is 1.68 bits per heavy atom. The van der Waals surface area contributed by atoms with E-state index >= 15 is 0 Å². The highest BCUT2D eigenvalue weighted by Crippen LogP contribution is 2.45. The Kier molecular flexibility index (Phi) is 4.33. The number of hydrogen-bond acceptors (Lipinski definition) is 1. The molecule has 0 spiro atoms. The maximum absolute atomic E-state index is 5.07. The molecule has 3 rings (SSSR count). The van der Waals surface area contributed by atoms with Gasteiger partial charge in [-0.2, -0.15) is 0 Å². The molecule has 1 aliphatic rings. The van der Waals surface area contributed by atoms with Gasteiger partial charge in [-0.1, -0.05) is 82.9 Å². The fraction of sp³-hybridized carbons (Fsp3) is 0.476. The van der Waals surface area contributed by atoms with E-state index in [1.165, 1.54) is 59.8 Å². The summed E-state index contributed by atoms with van der Waals surface area (Å²) in [6.45, 7) is 6.93. The Hall–Kier alpha value is -1.63. The standard InChI is InChI=1S/C21H27N/c1-4-5-6-7-8-13-19-21(2,3)18-15-14-16-11-9-10-12-17(16)20(18)22-19/h9-12,14-15H,4-8,13H2,1-3H3. The Morgan fingerprint density at radius 1 is 0.909 bits per heavy atom. The first kappa shape index (κ1) is 15.3. The average Bonchev–Trinajstić information content (AvgIpc) is 2.78. The quantitative estimate of drug-likeness (QED) is 0.534. The summed E-state index contributed by atoms with van der Waals surface area (Å²) < 4.78 is 0. The smallest absolute Gasteiger partial charge is 0.0749 e. The maximum atomic E-state index is 5.07. The maximum Gasteiger partial charge on any atom is 0.0749 e. The van der Waals surface area contributed by atoms with Crippen LogP contribution in [-0.4, -0.2) is 5.71 Å². The van der Waals surface area contributed by atoms with Gasteiger partial charge in [-0.15, -0.1) is 0 Å². The van der Waals surface area contributed by atoms with Gasteiger partial charge >= 0.3 is 0 Å². The SMILES string of the molecule is CCCCCCCC1=Nc2c(ccc3ccccc23)C1(C)C. The molecule has 0 aliphatic carbocycles. The number of rotatable bonds is 6. The highest BCUT2D eigenvalue weighted by Gasteiger charge is 2.34. The largest absolute Gasteiger partial charge is 0.256 e. The van der Waals surface area contributed by atoms with Gasteiger partial charge in [0, 0.05) is 16.5 Å². The first-order chi connectivity index (χ1) is 10.6. The number of aliphatic imine (C=N–C) groups is 1. The summed E-state index contributed by atoms with van der Waals surface area (Å²) in [4.78, 5) is 5.07. The summed E-state index contributed by atoms with van der Waals surface area (Å²) in [7, 11) is 0. The monoisotopic (exact) mass is 293 g/mol. The summed E-state index contributed by atoms with van der Waals surface area (Å²) in [5, 5.41) is 2.60. The van der Waals surface area contributed by atoms with Crippen molar-refractivity contribution in [3.05, 3.63) is 42.0 Å². The van der Waals surface area contributed by atoms with E-state index in [1.54, 1.807) is 0 Å². The van der Waals surface area contributed by atoms with Crippen molar-refractivity contribution in [2.75, 3.05) is 0 Å². The molecular formula is C21H27N. The van der Waals surface area contributed by atoms with Gasteiger partial charge in [0.05, 0.1) is 5.69 Å². The van der Waals surface area contributed by atoms with Crippen molar-refractivity contribution in [2.45, 2.75) is 64.7 Å². The third-order valence-corrected chi connectivity index (χ3v) is 5.06. The van der Waals surface area contributed by atoms with Crippen molar-refractivity contribution in [1.82, 2.24) is 0 Å². The molecule has 1 heteroatoms. The predicted molar refractivity (Wildman–Crippen MR) is 97.4 cm³/mol. The van der Waals surface area contributed by atoms with Crippen LogP contribution >= 0.6 is 0 Å². The second kappa shape index (κ2) is 6.24. The zero-order valence-corrected chi connectivity index (χ0v) is 14.2. The lowest BCUT2D eigenvalue weighted by molar-refractivity contribution is 0.629. The Bertz CT molecular complexity index is 694. The molecule has 0 atom stereocenters. The fourth-order valence-corrected chi connectivity index (χ4v) is 3.57. The minimum atomic E-state index is 0.0874. The van der Waals surface area contributed by atoms with Gasteiger partial charge in [-0.25, -0.2) is 0 Å². The Labute approximate surface area is 134 Å². The molecule has 0 fully saturated rings. The van der Waals surface area contributed by atoms with Crippen LogP contribution in [-0.2, 0) is 5.41 Å². The number of unbranched alkanes of at least 4 members (excludes halogenated alkanes) is 4. The lowest BCUT2D eigenvalue weighted by atomic mass is 9.79. The van der Waals surface area contributed by atoms with E-state index in [0.29, 0.717) is 0 Å². The number of fused-ring (bicyclic) bond motifs is 3. The summed E-state index contributed by atoms with van der Waals surface area (Å²) in [6, 6.07) is 13.1. The molecule has 0 bridgehead atoms. The lowest BCUT2D eigenvalue weighted by Crippen LogP contribution is -2.25. The first-order valence-electron chi connectivity index (χ1n) is 8.75. The van der Waals surface area contributed by atoms with E-state index in [9.17, 15) is 0 Å². The second-order valence-electron chi connectivity index (χ2n) is 7.03. The van der Waals surface area contributed by atoms with Gasteiger partial charge in [0.25, 0.3) is 0 Å². The molecule has 2 aromatic rings. The van der Waals surface area contributed by atoms with Crippen LogP contribution in [0.15, 0.2) is 41.4 Å². The second-order valence-corrected chi connectivity index (χ2v) is 7.03. The van der Waals surface area contributed by atoms with Crippen LogP contribution in [0.5, 0.6) is 0 Å². The van der Waals surface area contributed by atoms with Gasteiger partial charge in [0.15, 0.2) is 0 Å². The molecule has 0 N–H and O–H groups in total. The van der Waals surface area contributed by atoms with Crippen LogP contribution in [0, 0.1) is 0 Å². The minimum absolute atomic E-state index is 0.0874. The molecule has 22 heavy (non-hydrogen) atoms. The molecule has 2 aromatic carbocycles. The Balaban J connectivity index is 1.84. The number of nitrogens with zero attached hydrogens (tertiary/aromatic N) is 1. The topological polar surface area (TPSA) is 12.4 Å². The highest BCUT2D eigenvalue weighted by atomic mass is 14.8. The molecular weight excluding hydrogens is 266 g/mol. The molecule has 116 valence electrons. The van der Waals surface area contributed by atoms with Crippen molar-refractivity contribution in [3.63, 3.8) is 0 Å². The molecule has 0 saturated heterocycles. The van der Waals surface area contributed by atoms with Crippen molar-refractivity contribution in [2.24, 2.45) is 4.99 Å². The molecule has 0 amide bonds. The molecule has 1 heterocycles. The van der Waals surface area contributed by atoms with Crippen molar-refractivity contribution >= 4 is 22.2 Å². The molecule has 0 saturated carbocycles. The summed E-state index contributed by atoms with van der Waals surface area (Å²) in [6.07, 6.45) is 7.78. The zero-order chi connectivity index (χ0) is 15.6. The van der Waals surface area contributed by atoms with E-state index < -0.39 is 0 Å². The van der Waals surface area contributed by atoms with E-state index in [2.05, 4.69) is 57.2 Å². The van der Waals surface area contributed by atoms with Crippen LogP contribution in [0.3, 0.4) is 0 Å².